The van der Waals surface area contributed by atoms with Crippen LogP contribution in [0.1, 0.15) is 37.0 Å². The van der Waals surface area contributed by atoms with Gasteiger partial charge in [-0.05, 0) is 31.0 Å². The summed E-state index contributed by atoms with van der Waals surface area (Å²) in [5.41, 5.74) is 13.0. The molecule has 0 aliphatic carbocycles. The van der Waals surface area contributed by atoms with Crippen molar-refractivity contribution in [2.75, 3.05) is 23.7 Å². The summed E-state index contributed by atoms with van der Waals surface area (Å²) >= 11 is 0. The fourth-order valence-corrected chi connectivity index (χ4v) is 1.92. The summed E-state index contributed by atoms with van der Waals surface area (Å²) in [4.78, 5) is 13.6. The quantitative estimate of drug-likeness (QED) is 0.741. The zero-order valence-electron chi connectivity index (χ0n) is 10.6. The van der Waals surface area contributed by atoms with E-state index in [1.54, 1.807) is 12.1 Å². The minimum absolute atomic E-state index is 0.426. The number of hydrogen-bond acceptors (Lipinski definition) is 3. The fraction of sp³-hybridized carbons (Fsp3) is 0.462. The molecule has 0 heterocycles. The number of rotatable bonds is 6. The fourth-order valence-electron chi connectivity index (χ4n) is 1.92. The van der Waals surface area contributed by atoms with Crippen molar-refractivity contribution in [1.29, 1.82) is 0 Å². The van der Waals surface area contributed by atoms with Crippen LogP contribution in [0, 0.1) is 0 Å². The van der Waals surface area contributed by atoms with Gasteiger partial charge in [-0.3, -0.25) is 4.79 Å². The van der Waals surface area contributed by atoms with Crippen LogP contribution in [0.25, 0.3) is 0 Å². The molecule has 1 aromatic carbocycles. The van der Waals surface area contributed by atoms with Crippen LogP contribution in [0.3, 0.4) is 0 Å². The van der Waals surface area contributed by atoms with Gasteiger partial charge in [-0.25, -0.2) is 0 Å². The average molecular weight is 235 g/mol. The molecule has 0 bridgehead atoms. The maximum absolute atomic E-state index is 11.4. The Morgan fingerprint density at radius 2 is 1.82 bits per heavy atom. The molecule has 0 spiro atoms. The Labute approximate surface area is 103 Å². The highest BCUT2D eigenvalue weighted by atomic mass is 16.1. The molecular weight excluding hydrogens is 214 g/mol. The first-order valence-electron chi connectivity index (χ1n) is 6.04. The van der Waals surface area contributed by atoms with Gasteiger partial charge >= 0.3 is 0 Å². The summed E-state index contributed by atoms with van der Waals surface area (Å²) in [5.74, 6) is -0.426. The number of benzene rings is 1. The highest BCUT2D eigenvalue weighted by molar-refractivity contribution is 5.99. The van der Waals surface area contributed by atoms with E-state index in [9.17, 15) is 4.79 Å². The number of carbonyl (C=O) groups excluding carboxylic acids is 1. The molecule has 0 unspecified atom stereocenters. The third-order valence-electron chi connectivity index (χ3n) is 2.61. The lowest BCUT2D eigenvalue weighted by atomic mass is 10.1. The Balaban J connectivity index is 3.12. The number of nitrogens with zero attached hydrogens (tertiary/aromatic N) is 1. The van der Waals surface area contributed by atoms with E-state index >= 15 is 0 Å². The Kier molecular flexibility index (Phi) is 4.82. The van der Waals surface area contributed by atoms with Crippen LogP contribution in [0.2, 0.25) is 0 Å². The summed E-state index contributed by atoms with van der Waals surface area (Å²) < 4.78 is 0. The number of amides is 1. The van der Waals surface area contributed by atoms with Crippen LogP contribution >= 0.6 is 0 Å². The minimum atomic E-state index is -0.426. The summed E-state index contributed by atoms with van der Waals surface area (Å²) in [6.45, 7) is 6.06. The number of nitrogen functional groups attached to an aromatic ring is 1. The minimum Gasteiger partial charge on any atom is -0.399 e. The van der Waals surface area contributed by atoms with Crippen LogP contribution in [-0.4, -0.2) is 19.0 Å². The Bertz CT molecular complexity index is 384. The van der Waals surface area contributed by atoms with E-state index in [4.69, 9.17) is 11.5 Å². The maximum Gasteiger partial charge on any atom is 0.250 e. The number of nitrogens with two attached hydrogens (primary N) is 2. The zero-order chi connectivity index (χ0) is 12.8. The van der Waals surface area contributed by atoms with Gasteiger partial charge in [0.05, 0.1) is 5.56 Å². The lowest BCUT2D eigenvalue weighted by Crippen LogP contribution is -2.28. The van der Waals surface area contributed by atoms with Gasteiger partial charge in [-0.15, -0.1) is 0 Å². The van der Waals surface area contributed by atoms with Crippen molar-refractivity contribution in [3.63, 3.8) is 0 Å². The molecule has 0 saturated carbocycles. The van der Waals surface area contributed by atoms with Crippen LogP contribution in [0.4, 0.5) is 11.4 Å². The van der Waals surface area contributed by atoms with Crippen molar-refractivity contribution < 1.29 is 4.79 Å². The van der Waals surface area contributed by atoms with Crippen molar-refractivity contribution in [1.82, 2.24) is 0 Å². The van der Waals surface area contributed by atoms with Gasteiger partial charge in [-0.2, -0.15) is 0 Å². The van der Waals surface area contributed by atoms with Crippen LogP contribution in [0.15, 0.2) is 18.2 Å². The molecule has 0 radical (unpaired) electrons. The van der Waals surface area contributed by atoms with E-state index in [2.05, 4.69) is 18.7 Å². The molecule has 0 aliphatic heterocycles. The molecular formula is C13H21N3O. The Morgan fingerprint density at radius 3 is 2.29 bits per heavy atom. The van der Waals surface area contributed by atoms with Gasteiger partial charge in [0.1, 0.15) is 0 Å². The Hall–Kier alpha value is -1.71. The third-order valence-corrected chi connectivity index (χ3v) is 2.61. The molecule has 1 aromatic rings. The second kappa shape index (κ2) is 6.13. The molecule has 94 valence electrons. The lowest BCUT2D eigenvalue weighted by molar-refractivity contribution is 0.100. The molecule has 1 amide bonds. The van der Waals surface area contributed by atoms with E-state index in [-0.39, 0.29) is 0 Å². The standard InChI is InChI=1S/C13H21N3O/c1-3-7-16(8-4-2)12-6-5-10(14)9-11(12)13(15)17/h5-6,9H,3-4,7-8,14H2,1-2H3,(H2,15,17). The molecule has 4 nitrogen and oxygen atoms in total. The molecule has 1 rings (SSSR count). The molecule has 17 heavy (non-hydrogen) atoms. The van der Waals surface area contributed by atoms with Crippen molar-refractivity contribution in [2.24, 2.45) is 5.73 Å². The number of hydrogen-bond donors (Lipinski definition) is 2. The first-order chi connectivity index (χ1) is 8.10. The largest absolute Gasteiger partial charge is 0.399 e. The van der Waals surface area contributed by atoms with E-state index in [1.165, 1.54) is 0 Å². The smallest absolute Gasteiger partial charge is 0.250 e. The molecule has 0 atom stereocenters. The summed E-state index contributed by atoms with van der Waals surface area (Å²) in [7, 11) is 0. The first kappa shape index (κ1) is 13.4. The molecule has 0 saturated heterocycles. The second-order valence-corrected chi connectivity index (χ2v) is 4.13. The topological polar surface area (TPSA) is 72.3 Å². The highest BCUT2D eigenvalue weighted by Gasteiger charge is 2.13. The number of carbonyl (C=O) groups is 1. The van der Waals surface area contributed by atoms with Gasteiger partial charge in [0.25, 0.3) is 5.91 Å². The van der Waals surface area contributed by atoms with Crippen molar-refractivity contribution in [2.45, 2.75) is 26.7 Å². The summed E-state index contributed by atoms with van der Waals surface area (Å²) in [6, 6.07) is 5.33. The zero-order valence-corrected chi connectivity index (χ0v) is 10.6. The molecule has 0 aliphatic rings. The SMILES string of the molecule is CCCN(CCC)c1ccc(N)cc1C(N)=O. The van der Waals surface area contributed by atoms with Gasteiger partial charge in [0, 0.05) is 24.5 Å². The molecule has 4 heteroatoms. The van der Waals surface area contributed by atoms with Crippen molar-refractivity contribution in [3.05, 3.63) is 23.8 Å². The predicted molar refractivity (Wildman–Crippen MR) is 72.2 cm³/mol. The maximum atomic E-state index is 11.4. The molecule has 0 aromatic heterocycles. The molecule has 0 fully saturated rings. The second-order valence-electron chi connectivity index (χ2n) is 4.13. The van der Waals surface area contributed by atoms with Gasteiger partial charge < -0.3 is 16.4 Å². The molecule has 4 N–H and O–H groups in total. The van der Waals surface area contributed by atoms with Gasteiger partial charge in [0.15, 0.2) is 0 Å². The van der Waals surface area contributed by atoms with Crippen molar-refractivity contribution in [3.8, 4) is 0 Å². The predicted octanol–water partition coefficient (Wildman–Crippen LogP) is 1.99. The normalized spacial score (nSPS) is 10.2. The van der Waals surface area contributed by atoms with Gasteiger partial charge in [-0.1, -0.05) is 13.8 Å². The monoisotopic (exact) mass is 235 g/mol. The van der Waals surface area contributed by atoms with Crippen molar-refractivity contribution >= 4 is 17.3 Å². The summed E-state index contributed by atoms with van der Waals surface area (Å²) in [6.07, 6.45) is 2.06. The average Bonchev–Trinajstić information content (AvgIpc) is 2.28. The van der Waals surface area contributed by atoms with Crippen LogP contribution < -0.4 is 16.4 Å². The number of primary amides is 1. The lowest BCUT2D eigenvalue weighted by Gasteiger charge is -2.25. The number of anilines is 2. The van der Waals surface area contributed by atoms with Crippen LogP contribution in [0.5, 0.6) is 0 Å². The first-order valence-corrected chi connectivity index (χ1v) is 6.04. The van der Waals surface area contributed by atoms with E-state index in [0.717, 1.165) is 31.6 Å². The summed E-state index contributed by atoms with van der Waals surface area (Å²) in [5, 5.41) is 0. The van der Waals surface area contributed by atoms with E-state index in [0.29, 0.717) is 11.3 Å². The third kappa shape index (κ3) is 3.37. The van der Waals surface area contributed by atoms with E-state index in [1.807, 2.05) is 6.07 Å². The Morgan fingerprint density at radius 1 is 1.24 bits per heavy atom. The van der Waals surface area contributed by atoms with Gasteiger partial charge in [0.2, 0.25) is 0 Å². The van der Waals surface area contributed by atoms with Crippen LogP contribution in [-0.2, 0) is 0 Å². The van der Waals surface area contributed by atoms with E-state index < -0.39 is 5.91 Å². The highest BCUT2D eigenvalue weighted by Crippen LogP contribution is 2.23.